The summed E-state index contributed by atoms with van der Waals surface area (Å²) in [6, 6.07) is 11.3. The molecular formula is C27H25F3N4O3. The number of benzene rings is 1. The van der Waals surface area contributed by atoms with E-state index in [0.717, 1.165) is 9.58 Å². The third kappa shape index (κ3) is 3.65. The number of amides is 1. The molecule has 192 valence electrons. The number of carbonyl (C=O) groups is 2. The highest BCUT2D eigenvalue weighted by atomic mass is 19.4. The maximum Gasteiger partial charge on any atom is 0.411 e. The van der Waals surface area contributed by atoms with Crippen molar-refractivity contribution < 1.29 is 22.8 Å². The molecule has 5 rings (SSSR count). The number of hydrogen-bond donors (Lipinski definition) is 1. The number of para-hydroxylation sites is 1. The summed E-state index contributed by atoms with van der Waals surface area (Å²) in [5.41, 5.74) is -5.76. The Morgan fingerprint density at radius 1 is 1.00 bits per heavy atom. The maximum atomic E-state index is 15.4. The minimum Gasteiger partial charge on any atom is -0.310 e. The van der Waals surface area contributed by atoms with E-state index in [9.17, 15) is 14.4 Å². The molecular weight excluding hydrogens is 485 g/mol. The van der Waals surface area contributed by atoms with Gasteiger partial charge in [-0.1, -0.05) is 32.0 Å². The van der Waals surface area contributed by atoms with Gasteiger partial charge in [-0.25, -0.2) is 4.68 Å². The van der Waals surface area contributed by atoms with Gasteiger partial charge in [-0.2, -0.15) is 13.2 Å². The SMILES string of the molecule is Cc1[nH]n(-c2ccccc2)c(=O)c1C1(C(F)(F)F)C(=O)N(Cc2ccncc2)C2=C1C(=O)CC(C)(C)C2. The van der Waals surface area contributed by atoms with Crippen molar-refractivity contribution in [3.63, 3.8) is 0 Å². The number of nitrogens with one attached hydrogen (secondary N) is 1. The molecule has 1 amide bonds. The molecule has 3 heterocycles. The molecule has 0 spiro atoms. The minimum atomic E-state index is -5.25. The minimum absolute atomic E-state index is 0.0200. The molecule has 1 atom stereocenters. The number of ketones is 1. The van der Waals surface area contributed by atoms with Gasteiger partial charge in [0.15, 0.2) is 5.78 Å². The molecule has 37 heavy (non-hydrogen) atoms. The van der Waals surface area contributed by atoms with Gasteiger partial charge in [-0.15, -0.1) is 0 Å². The molecule has 0 radical (unpaired) electrons. The van der Waals surface area contributed by atoms with Gasteiger partial charge in [-0.3, -0.25) is 24.5 Å². The highest BCUT2D eigenvalue weighted by molar-refractivity contribution is 6.13. The topological polar surface area (TPSA) is 88.1 Å². The highest BCUT2D eigenvalue weighted by Crippen LogP contribution is 2.57. The molecule has 0 saturated carbocycles. The van der Waals surface area contributed by atoms with Crippen molar-refractivity contribution in [1.29, 1.82) is 0 Å². The van der Waals surface area contributed by atoms with Crippen LogP contribution in [0.1, 0.15) is 43.5 Å². The number of Topliss-reactive ketones (excluding diaryl/α,β-unsaturated/α-hetero) is 1. The molecule has 3 aromatic rings. The van der Waals surface area contributed by atoms with Crippen molar-refractivity contribution in [1.82, 2.24) is 19.7 Å². The van der Waals surface area contributed by atoms with Gasteiger partial charge in [-0.05, 0) is 48.6 Å². The Bertz CT molecular complexity index is 1490. The number of hydrogen-bond acceptors (Lipinski definition) is 4. The molecule has 1 aliphatic heterocycles. The molecule has 0 fully saturated rings. The Balaban J connectivity index is 1.81. The predicted molar refractivity (Wildman–Crippen MR) is 129 cm³/mol. The predicted octanol–water partition coefficient (Wildman–Crippen LogP) is 4.35. The van der Waals surface area contributed by atoms with E-state index in [0.29, 0.717) is 11.3 Å². The first-order chi connectivity index (χ1) is 17.4. The fourth-order valence-electron chi connectivity index (χ4n) is 5.60. The van der Waals surface area contributed by atoms with Crippen LogP contribution in [0.2, 0.25) is 0 Å². The summed E-state index contributed by atoms with van der Waals surface area (Å²) in [6.45, 7) is 4.69. The molecule has 0 saturated heterocycles. The quantitative estimate of drug-likeness (QED) is 0.565. The first-order valence-corrected chi connectivity index (χ1v) is 11.8. The van der Waals surface area contributed by atoms with Gasteiger partial charge in [0.05, 0.1) is 17.8 Å². The third-order valence-corrected chi connectivity index (χ3v) is 7.10. The van der Waals surface area contributed by atoms with E-state index >= 15 is 13.2 Å². The van der Waals surface area contributed by atoms with Crippen LogP contribution in [-0.4, -0.2) is 37.5 Å². The van der Waals surface area contributed by atoms with E-state index in [1.165, 1.54) is 19.3 Å². The maximum absolute atomic E-state index is 15.4. The van der Waals surface area contributed by atoms with Gasteiger partial charge in [0.1, 0.15) is 0 Å². The largest absolute Gasteiger partial charge is 0.411 e. The van der Waals surface area contributed by atoms with Crippen molar-refractivity contribution in [2.75, 3.05) is 0 Å². The molecule has 1 aliphatic carbocycles. The Kier molecular flexibility index (Phi) is 5.54. The van der Waals surface area contributed by atoms with Crippen molar-refractivity contribution in [2.24, 2.45) is 5.41 Å². The van der Waals surface area contributed by atoms with Crippen molar-refractivity contribution in [2.45, 2.75) is 51.7 Å². The number of halogens is 3. The fourth-order valence-corrected chi connectivity index (χ4v) is 5.60. The van der Waals surface area contributed by atoms with Crippen LogP contribution < -0.4 is 5.56 Å². The van der Waals surface area contributed by atoms with Crippen LogP contribution >= 0.6 is 0 Å². The number of aromatic amines is 1. The van der Waals surface area contributed by atoms with Crippen LogP contribution in [0.5, 0.6) is 0 Å². The van der Waals surface area contributed by atoms with E-state index in [2.05, 4.69) is 10.1 Å². The van der Waals surface area contributed by atoms with Gasteiger partial charge in [0.2, 0.25) is 5.41 Å². The van der Waals surface area contributed by atoms with Gasteiger partial charge in [0.25, 0.3) is 11.5 Å². The molecule has 0 bridgehead atoms. The van der Waals surface area contributed by atoms with Crippen molar-refractivity contribution in [3.8, 4) is 5.69 Å². The lowest BCUT2D eigenvalue weighted by Crippen LogP contribution is -2.55. The summed E-state index contributed by atoms with van der Waals surface area (Å²) < 4.78 is 47.1. The zero-order valence-corrected chi connectivity index (χ0v) is 20.5. The van der Waals surface area contributed by atoms with Gasteiger partial charge in [0, 0.05) is 35.8 Å². The zero-order valence-electron chi connectivity index (χ0n) is 20.5. The fraction of sp³-hybridized carbons (Fsp3) is 0.333. The number of aromatic nitrogens is 3. The Labute approximate surface area is 210 Å². The molecule has 1 aromatic carbocycles. The van der Waals surface area contributed by atoms with Crippen LogP contribution in [0.15, 0.2) is 70.9 Å². The monoisotopic (exact) mass is 510 g/mol. The highest BCUT2D eigenvalue weighted by Gasteiger charge is 2.73. The van der Waals surface area contributed by atoms with Crippen LogP contribution in [-0.2, 0) is 21.5 Å². The number of H-pyrrole nitrogens is 1. The summed E-state index contributed by atoms with van der Waals surface area (Å²) in [5.74, 6) is -2.12. The van der Waals surface area contributed by atoms with E-state index in [1.54, 1.807) is 56.3 Å². The second-order valence-corrected chi connectivity index (χ2v) is 10.3. The lowest BCUT2D eigenvalue weighted by molar-refractivity contribution is -0.189. The summed E-state index contributed by atoms with van der Waals surface area (Å²) in [5, 5.41) is 2.71. The van der Waals surface area contributed by atoms with Crippen molar-refractivity contribution in [3.05, 3.63) is 93.3 Å². The summed E-state index contributed by atoms with van der Waals surface area (Å²) >= 11 is 0. The second-order valence-electron chi connectivity index (χ2n) is 10.3. The standard InChI is InChI=1S/C27H25F3N4O3/c1-16-21(23(36)34(32-16)18-7-5-4-6-8-18)26(27(28,29)30)22-19(13-25(2,3)14-20(22)35)33(24(26)37)15-17-9-11-31-12-10-17/h4-12,32H,13-15H2,1-3H3. The normalized spacial score (nSPS) is 21.5. The Morgan fingerprint density at radius 2 is 1.65 bits per heavy atom. The van der Waals surface area contributed by atoms with E-state index in [1.807, 2.05) is 0 Å². The lowest BCUT2D eigenvalue weighted by atomic mass is 9.66. The van der Waals surface area contributed by atoms with Crippen LogP contribution in [0.3, 0.4) is 0 Å². The van der Waals surface area contributed by atoms with Gasteiger partial charge >= 0.3 is 6.18 Å². The smallest absolute Gasteiger partial charge is 0.310 e. The lowest BCUT2D eigenvalue weighted by Gasteiger charge is -2.35. The van der Waals surface area contributed by atoms with E-state index in [4.69, 9.17) is 0 Å². The number of aryl methyl sites for hydroxylation is 1. The molecule has 7 nitrogen and oxygen atoms in total. The van der Waals surface area contributed by atoms with Crippen LogP contribution in [0.4, 0.5) is 13.2 Å². The Morgan fingerprint density at radius 3 is 2.27 bits per heavy atom. The molecule has 10 heteroatoms. The van der Waals surface area contributed by atoms with E-state index < -0.39 is 45.4 Å². The first kappa shape index (κ1) is 24.7. The second kappa shape index (κ2) is 8.29. The van der Waals surface area contributed by atoms with Crippen LogP contribution in [0.25, 0.3) is 5.69 Å². The molecule has 1 unspecified atom stereocenters. The third-order valence-electron chi connectivity index (χ3n) is 7.10. The Hall–Kier alpha value is -3.95. The molecule has 2 aromatic heterocycles. The average Bonchev–Trinajstić information content (AvgIpc) is 3.25. The molecule has 2 aliphatic rings. The van der Waals surface area contributed by atoms with Gasteiger partial charge < -0.3 is 4.90 Å². The number of rotatable bonds is 4. The number of nitrogens with zero attached hydrogens (tertiary/aromatic N) is 3. The van der Waals surface area contributed by atoms with Crippen molar-refractivity contribution >= 4 is 11.7 Å². The number of pyridine rings is 1. The van der Waals surface area contributed by atoms with Crippen LogP contribution in [0, 0.1) is 12.3 Å². The number of allylic oxidation sites excluding steroid dienone is 1. The average molecular weight is 511 g/mol. The molecule has 1 N–H and O–H groups in total. The zero-order chi connectivity index (χ0) is 26.8. The summed E-state index contributed by atoms with van der Waals surface area (Å²) in [6.07, 6.45) is -2.38. The number of alkyl halides is 3. The summed E-state index contributed by atoms with van der Waals surface area (Å²) in [4.78, 5) is 46.2. The number of carbonyl (C=O) groups excluding carboxylic acids is 2. The first-order valence-electron chi connectivity index (χ1n) is 11.8. The summed E-state index contributed by atoms with van der Waals surface area (Å²) in [7, 11) is 0. The van der Waals surface area contributed by atoms with E-state index in [-0.39, 0.29) is 30.8 Å².